The van der Waals surface area contributed by atoms with Crippen LogP contribution in [0.2, 0.25) is 0 Å². The second-order valence-electron chi connectivity index (χ2n) is 7.55. The van der Waals surface area contributed by atoms with Gasteiger partial charge in [0.25, 0.3) is 0 Å². The number of carbonyl (C=O) groups is 1. The van der Waals surface area contributed by atoms with Crippen molar-refractivity contribution in [3.63, 3.8) is 0 Å². The molecule has 4 heteroatoms. The van der Waals surface area contributed by atoms with E-state index < -0.39 is 0 Å². The first kappa shape index (κ1) is 19.5. The van der Waals surface area contributed by atoms with Gasteiger partial charge in [0, 0.05) is 24.5 Å². The summed E-state index contributed by atoms with van der Waals surface area (Å²) in [6.45, 7) is 14.8. The van der Waals surface area contributed by atoms with Crippen molar-refractivity contribution in [2.45, 2.75) is 47.6 Å². The highest BCUT2D eigenvalue weighted by Crippen LogP contribution is 2.19. The first-order valence-corrected chi connectivity index (χ1v) is 8.61. The number of anilines is 2. The molecule has 0 spiro atoms. The topological polar surface area (TPSA) is 58.4 Å². The van der Waals surface area contributed by atoms with E-state index >= 15 is 0 Å². The minimum Gasteiger partial charge on any atom is -0.399 e. The molecule has 0 aliphatic rings. The lowest BCUT2D eigenvalue weighted by Crippen LogP contribution is -2.50. The van der Waals surface area contributed by atoms with E-state index in [0.717, 1.165) is 18.8 Å². The zero-order valence-electron chi connectivity index (χ0n) is 15.5. The molecule has 0 fully saturated rings. The van der Waals surface area contributed by atoms with Gasteiger partial charge in [-0.1, -0.05) is 47.6 Å². The maximum absolute atomic E-state index is 12.9. The number of hydrogen-bond acceptors (Lipinski definition) is 3. The number of rotatable bonds is 8. The monoisotopic (exact) mass is 319 g/mol. The Labute approximate surface area is 141 Å². The van der Waals surface area contributed by atoms with Crippen LogP contribution in [0.25, 0.3) is 0 Å². The Hall–Kier alpha value is -1.55. The molecule has 0 radical (unpaired) electrons. The van der Waals surface area contributed by atoms with Gasteiger partial charge in [-0.2, -0.15) is 0 Å². The van der Waals surface area contributed by atoms with E-state index in [1.807, 2.05) is 18.2 Å². The number of hydrogen-bond donors (Lipinski definition) is 2. The van der Waals surface area contributed by atoms with Gasteiger partial charge >= 0.3 is 0 Å². The van der Waals surface area contributed by atoms with E-state index in [9.17, 15) is 4.79 Å². The van der Waals surface area contributed by atoms with Crippen molar-refractivity contribution < 1.29 is 4.79 Å². The molecule has 0 aliphatic carbocycles. The summed E-state index contributed by atoms with van der Waals surface area (Å²) in [6, 6.07) is 7.21. The molecule has 1 unspecified atom stereocenters. The van der Waals surface area contributed by atoms with Crippen LogP contribution in [0.3, 0.4) is 0 Å². The maximum atomic E-state index is 12.9. The summed E-state index contributed by atoms with van der Waals surface area (Å²) < 4.78 is 0. The second-order valence-corrected chi connectivity index (χ2v) is 7.55. The molecule has 0 aromatic heterocycles. The molecule has 1 aromatic carbocycles. The Morgan fingerprint density at radius 1 is 1.09 bits per heavy atom. The summed E-state index contributed by atoms with van der Waals surface area (Å²) in [5, 5.41) is 3.03. The Morgan fingerprint density at radius 3 is 2.09 bits per heavy atom. The van der Waals surface area contributed by atoms with Crippen molar-refractivity contribution >= 4 is 17.3 Å². The highest BCUT2D eigenvalue weighted by atomic mass is 16.2. The third-order valence-corrected chi connectivity index (χ3v) is 3.65. The number of nitrogens with zero attached hydrogens (tertiary/aromatic N) is 1. The molecule has 0 bridgehead atoms. The van der Waals surface area contributed by atoms with Gasteiger partial charge in [0.1, 0.15) is 0 Å². The van der Waals surface area contributed by atoms with Crippen molar-refractivity contribution in [2.24, 2.45) is 17.8 Å². The molecule has 130 valence electrons. The standard InChI is InChI=1S/C19H33N3O/c1-13(2)11-22(12-14(3)4)18(15(5)6)19(23)21-17-9-7-8-16(20)10-17/h7-10,13-15,18H,11-12,20H2,1-6H3,(H,21,23). The summed E-state index contributed by atoms with van der Waals surface area (Å²) in [5.41, 5.74) is 7.22. The average Bonchev–Trinajstić information content (AvgIpc) is 2.36. The molecule has 0 aliphatic heterocycles. The number of nitrogens with one attached hydrogen (secondary N) is 1. The number of carbonyl (C=O) groups excluding carboxylic acids is 1. The van der Waals surface area contributed by atoms with Crippen LogP contribution in [0.5, 0.6) is 0 Å². The Balaban J connectivity index is 2.94. The summed E-state index contributed by atoms with van der Waals surface area (Å²) in [6.07, 6.45) is 0. The molecule has 0 heterocycles. The van der Waals surface area contributed by atoms with E-state index in [1.54, 1.807) is 6.07 Å². The van der Waals surface area contributed by atoms with Crippen LogP contribution in [0.15, 0.2) is 24.3 Å². The first-order chi connectivity index (χ1) is 10.7. The van der Waals surface area contributed by atoms with Gasteiger partial charge in [0.2, 0.25) is 5.91 Å². The lowest BCUT2D eigenvalue weighted by molar-refractivity contribution is -0.123. The van der Waals surface area contributed by atoms with Gasteiger partial charge in [-0.25, -0.2) is 0 Å². The molecular weight excluding hydrogens is 286 g/mol. The van der Waals surface area contributed by atoms with E-state index in [1.165, 1.54) is 0 Å². The Bertz CT molecular complexity index is 487. The van der Waals surface area contributed by atoms with Crippen LogP contribution in [-0.4, -0.2) is 29.9 Å². The van der Waals surface area contributed by atoms with Crippen LogP contribution >= 0.6 is 0 Å². The lowest BCUT2D eigenvalue weighted by Gasteiger charge is -2.35. The lowest BCUT2D eigenvalue weighted by atomic mass is 9.98. The predicted molar refractivity (Wildman–Crippen MR) is 99.4 cm³/mol. The summed E-state index contributed by atoms with van der Waals surface area (Å²) >= 11 is 0. The summed E-state index contributed by atoms with van der Waals surface area (Å²) in [4.78, 5) is 15.2. The second kappa shape index (κ2) is 8.92. The molecule has 1 atom stereocenters. The fourth-order valence-electron chi connectivity index (χ4n) is 2.96. The number of nitrogen functional groups attached to an aromatic ring is 1. The zero-order chi connectivity index (χ0) is 17.6. The van der Waals surface area contributed by atoms with Crippen molar-refractivity contribution in [3.8, 4) is 0 Å². The van der Waals surface area contributed by atoms with Crippen LogP contribution in [0.4, 0.5) is 11.4 Å². The third kappa shape index (κ3) is 6.61. The zero-order valence-corrected chi connectivity index (χ0v) is 15.5. The predicted octanol–water partition coefficient (Wildman–Crippen LogP) is 3.85. The first-order valence-electron chi connectivity index (χ1n) is 8.61. The van der Waals surface area contributed by atoms with Gasteiger partial charge in [-0.3, -0.25) is 9.69 Å². The van der Waals surface area contributed by atoms with E-state index in [-0.39, 0.29) is 17.9 Å². The van der Waals surface area contributed by atoms with Gasteiger partial charge in [-0.15, -0.1) is 0 Å². The average molecular weight is 319 g/mol. The summed E-state index contributed by atoms with van der Waals surface area (Å²) in [5.74, 6) is 1.34. The van der Waals surface area contributed by atoms with Crippen molar-refractivity contribution in [1.29, 1.82) is 0 Å². The number of amides is 1. The molecule has 4 nitrogen and oxygen atoms in total. The molecule has 1 aromatic rings. The molecule has 0 saturated heterocycles. The molecule has 23 heavy (non-hydrogen) atoms. The number of nitrogens with two attached hydrogens (primary N) is 1. The smallest absolute Gasteiger partial charge is 0.241 e. The molecule has 1 rings (SSSR count). The minimum absolute atomic E-state index is 0.0481. The maximum Gasteiger partial charge on any atom is 0.241 e. The molecule has 0 saturated carbocycles. The Morgan fingerprint density at radius 2 is 1.65 bits per heavy atom. The highest BCUT2D eigenvalue weighted by Gasteiger charge is 2.29. The van der Waals surface area contributed by atoms with Gasteiger partial charge in [0.15, 0.2) is 0 Å². The van der Waals surface area contributed by atoms with E-state index in [4.69, 9.17) is 5.73 Å². The number of benzene rings is 1. The minimum atomic E-state index is -0.138. The quantitative estimate of drug-likeness (QED) is 0.716. The normalized spacial score (nSPS) is 13.1. The SMILES string of the molecule is CC(C)CN(CC(C)C)C(C(=O)Nc1cccc(N)c1)C(C)C. The highest BCUT2D eigenvalue weighted by molar-refractivity contribution is 5.95. The fourth-order valence-corrected chi connectivity index (χ4v) is 2.96. The third-order valence-electron chi connectivity index (χ3n) is 3.65. The van der Waals surface area contributed by atoms with Crippen molar-refractivity contribution in [3.05, 3.63) is 24.3 Å². The van der Waals surface area contributed by atoms with E-state index in [0.29, 0.717) is 17.5 Å². The van der Waals surface area contributed by atoms with Gasteiger partial charge in [-0.05, 0) is 36.0 Å². The van der Waals surface area contributed by atoms with Crippen LogP contribution in [0.1, 0.15) is 41.5 Å². The van der Waals surface area contributed by atoms with Crippen LogP contribution in [-0.2, 0) is 4.79 Å². The summed E-state index contributed by atoms with van der Waals surface area (Å²) in [7, 11) is 0. The van der Waals surface area contributed by atoms with Gasteiger partial charge in [0.05, 0.1) is 6.04 Å². The fraction of sp³-hybridized carbons (Fsp3) is 0.632. The molecule has 1 amide bonds. The van der Waals surface area contributed by atoms with Gasteiger partial charge < -0.3 is 11.1 Å². The molecule has 3 N–H and O–H groups in total. The Kier molecular flexibility index (Phi) is 7.56. The van der Waals surface area contributed by atoms with E-state index in [2.05, 4.69) is 51.8 Å². The molecular formula is C19H33N3O. The largest absolute Gasteiger partial charge is 0.399 e. The van der Waals surface area contributed by atoms with Crippen LogP contribution < -0.4 is 11.1 Å². The van der Waals surface area contributed by atoms with Crippen LogP contribution in [0, 0.1) is 17.8 Å². The van der Waals surface area contributed by atoms with Crippen molar-refractivity contribution in [2.75, 3.05) is 24.1 Å². The van der Waals surface area contributed by atoms with Crippen molar-refractivity contribution in [1.82, 2.24) is 4.90 Å².